The van der Waals surface area contributed by atoms with Crippen molar-refractivity contribution in [3.8, 4) is 0 Å². The molecule has 0 aliphatic rings. The van der Waals surface area contributed by atoms with E-state index in [-0.39, 0.29) is 11.9 Å². The molecule has 0 spiro atoms. The number of esters is 1. The summed E-state index contributed by atoms with van der Waals surface area (Å²) in [6.45, 7) is 4.30. The van der Waals surface area contributed by atoms with Gasteiger partial charge in [-0.25, -0.2) is 0 Å². The Morgan fingerprint density at radius 1 is 1.39 bits per heavy atom. The average molecular weight is 251 g/mol. The molecule has 0 bridgehead atoms. The third-order valence-electron chi connectivity index (χ3n) is 2.59. The molecule has 1 unspecified atom stereocenters. The first-order valence-corrected chi connectivity index (χ1v) is 6.00. The average Bonchev–Trinajstić information content (AvgIpc) is 2.33. The number of carbonyl (C=O) groups is 1. The summed E-state index contributed by atoms with van der Waals surface area (Å²) in [4.78, 5) is 11.7. The molecule has 1 atom stereocenters. The number of aliphatic hydroxyl groups is 1. The minimum Gasteiger partial charge on any atom is -0.469 e. The lowest BCUT2D eigenvalue weighted by molar-refractivity contribution is -0.142. The zero-order valence-corrected chi connectivity index (χ0v) is 11.1. The molecule has 4 nitrogen and oxygen atoms in total. The molecule has 100 valence electrons. The highest BCUT2D eigenvalue weighted by atomic mass is 16.5. The first-order chi connectivity index (χ1) is 8.44. The standard InChI is InChI=1S/C14H21NO3/c1-14(2,17)10-15-9-12(13(16)18-3)11-7-5-4-6-8-11/h4-8,12,15,17H,9-10H2,1-3H3. The molecule has 0 fully saturated rings. The van der Waals surface area contributed by atoms with Gasteiger partial charge in [-0.1, -0.05) is 30.3 Å². The third-order valence-corrected chi connectivity index (χ3v) is 2.59. The van der Waals surface area contributed by atoms with Crippen LogP contribution in [0, 0.1) is 0 Å². The molecule has 4 heteroatoms. The van der Waals surface area contributed by atoms with Crippen LogP contribution in [0.4, 0.5) is 0 Å². The van der Waals surface area contributed by atoms with E-state index < -0.39 is 5.60 Å². The first kappa shape index (κ1) is 14.7. The Balaban J connectivity index is 2.66. The van der Waals surface area contributed by atoms with E-state index in [1.54, 1.807) is 13.8 Å². The Bertz CT molecular complexity index is 370. The van der Waals surface area contributed by atoms with Gasteiger partial charge in [-0.05, 0) is 19.4 Å². The van der Waals surface area contributed by atoms with Gasteiger partial charge in [0.25, 0.3) is 0 Å². The summed E-state index contributed by atoms with van der Waals surface area (Å²) in [5, 5.41) is 12.7. The van der Waals surface area contributed by atoms with Gasteiger partial charge < -0.3 is 15.2 Å². The predicted octanol–water partition coefficient (Wildman–Crippen LogP) is 1.30. The molecule has 18 heavy (non-hydrogen) atoms. The SMILES string of the molecule is COC(=O)C(CNCC(C)(C)O)c1ccccc1. The van der Waals surface area contributed by atoms with E-state index in [4.69, 9.17) is 4.74 Å². The molecule has 2 N–H and O–H groups in total. The topological polar surface area (TPSA) is 58.6 Å². The Kier molecular flexibility index (Phi) is 5.31. The van der Waals surface area contributed by atoms with Crippen molar-refractivity contribution in [3.63, 3.8) is 0 Å². The van der Waals surface area contributed by atoms with Gasteiger partial charge in [-0.2, -0.15) is 0 Å². The van der Waals surface area contributed by atoms with Crippen molar-refractivity contribution in [2.75, 3.05) is 20.2 Å². The number of nitrogens with one attached hydrogen (secondary N) is 1. The predicted molar refractivity (Wildman–Crippen MR) is 70.4 cm³/mol. The van der Waals surface area contributed by atoms with Crippen molar-refractivity contribution >= 4 is 5.97 Å². The van der Waals surface area contributed by atoms with E-state index >= 15 is 0 Å². The Labute approximate surface area is 108 Å². The maximum absolute atomic E-state index is 11.7. The Morgan fingerprint density at radius 3 is 2.50 bits per heavy atom. The van der Waals surface area contributed by atoms with Gasteiger partial charge in [-0.15, -0.1) is 0 Å². The molecule has 0 amide bonds. The van der Waals surface area contributed by atoms with Crippen molar-refractivity contribution in [2.45, 2.75) is 25.4 Å². The lowest BCUT2D eigenvalue weighted by Crippen LogP contribution is -2.38. The van der Waals surface area contributed by atoms with E-state index in [9.17, 15) is 9.90 Å². The third kappa shape index (κ3) is 4.85. The minimum atomic E-state index is -0.794. The molecule has 0 heterocycles. The number of benzene rings is 1. The molecule has 1 aromatic rings. The minimum absolute atomic E-state index is 0.274. The molecule has 1 aromatic carbocycles. The van der Waals surface area contributed by atoms with Gasteiger partial charge >= 0.3 is 5.97 Å². The zero-order valence-electron chi connectivity index (χ0n) is 11.1. The fourth-order valence-electron chi connectivity index (χ4n) is 1.69. The van der Waals surface area contributed by atoms with Crippen LogP contribution in [0.25, 0.3) is 0 Å². The van der Waals surface area contributed by atoms with E-state index in [0.717, 1.165) is 5.56 Å². The molecular formula is C14H21NO3. The van der Waals surface area contributed by atoms with Crippen molar-refractivity contribution < 1.29 is 14.6 Å². The molecule has 0 radical (unpaired) electrons. The molecule has 0 saturated carbocycles. The Morgan fingerprint density at radius 2 is 2.00 bits per heavy atom. The highest BCUT2D eigenvalue weighted by Gasteiger charge is 2.22. The summed E-state index contributed by atoms with van der Waals surface area (Å²) in [5.41, 5.74) is 0.116. The number of carbonyl (C=O) groups excluding carboxylic acids is 1. The van der Waals surface area contributed by atoms with Crippen molar-refractivity contribution in [1.82, 2.24) is 5.32 Å². The van der Waals surface area contributed by atoms with E-state index in [2.05, 4.69) is 5.32 Å². The van der Waals surface area contributed by atoms with Crippen molar-refractivity contribution in [3.05, 3.63) is 35.9 Å². The normalized spacial score (nSPS) is 13.1. The molecule has 0 aromatic heterocycles. The second kappa shape index (κ2) is 6.52. The second-order valence-corrected chi connectivity index (χ2v) is 4.93. The van der Waals surface area contributed by atoms with Crippen LogP contribution in [0.1, 0.15) is 25.3 Å². The summed E-state index contributed by atoms with van der Waals surface area (Å²) in [5.74, 6) is -0.622. The second-order valence-electron chi connectivity index (χ2n) is 4.93. The zero-order chi connectivity index (χ0) is 13.6. The van der Waals surface area contributed by atoms with E-state index in [0.29, 0.717) is 13.1 Å². The molecule has 0 aliphatic carbocycles. The maximum atomic E-state index is 11.7. The number of rotatable bonds is 6. The largest absolute Gasteiger partial charge is 0.469 e. The highest BCUT2D eigenvalue weighted by molar-refractivity contribution is 5.78. The van der Waals surface area contributed by atoms with Crippen LogP contribution in [-0.2, 0) is 9.53 Å². The molecule has 0 aliphatic heterocycles. The fraction of sp³-hybridized carbons (Fsp3) is 0.500. The van der Waals surface area contributed by atoms with E-state index in [1.165, 1.54) is 7.11 Å². The summed E-state index contributed by atoms with van der Waals surface area (Å²) in [6, 6.07) is 9.48. The van der Waals surface area contributed by atoms with Crippen LogP contribution in [-0.4, -0.2) is 36.9 Å². The van der Waals surface area contributed by atoms with Crippen molar-refractivity contribution in [1.29, 1.82) is 0 Å². The summed E-state index contributed by atoms with van der Waals surface area (Å²) in [7, 11) is 1.38. The van der Waals surface area contributed by atoms with Crippen LogP contribution < -0.4 is 5.32 Å². The first-order valence-electron chi connectivity index (χ1n) is 6.00. The fourth-order valence-corrected chi connectivity index (χ4v) is 1.69. The van der Waals surface area contributed by atoms with Crippen LogP contribution >= 0.6 is 0 Å². The van der Waals surface area contributed by atoms with Crippen LogP contribution in [0.3, 0.4) is 0 Å². The smallest absolute Gasteiger partial charge is 0.314 e. The van der Waals surface area contributed by atoms with Gasteiger partial charge in [0, 0.05) is 13.1 Å². The lowest BCUT2D eigenvalue weighted by atomic mass is 9.99. The Hall–Kier alpha value is -1.39. The molecular weight excluding hydrogens is 230 g/mol. The molecule has 0 saturated heterocycles. The summed E-state index contributed by atoms with van der Waals surface area (Å²) < 4.78 is 4.81. The number of hydrogen-bond donors (Lipinski definition) is 2. The lowest BCUT2D eigenvalue weighted by Gasteiger charge is -2.21. The summed E-state index contributed by atoms with van der Waals surface area (Å²) in [6.07, 6.45) is 0. The van der Waals surface area contributed by atoms with Gasteiger partial charge in [0.2, 0.25) is 0 Å². The van der Waals surface area contributed by atoms with Gasteiger partial charge in [0.05, 0.1) is 18.6 Å². The van der Waals surface area contributed by atoms with Crippen molar-refractivity contribution in [2.24, 2.45) is 0 Å². The number of ether oxygens (including phenoxy) is 1. The monoisotopic (exact) mass is 251 g/mol. The molecule has 1 rings (SSSR count). The number of hydrogen-bond acceptors (Lipinski definition) is 4. The quantitative estimate of drug-likeness (QED) is 0.748. The van der Waals surface area contributed by atoms with Gasteiger partial charge in [0.1, 0.15) is 0 Å². The van der Waals surface area contributed by atoms with Crippen LogP contribution in [0.15, 0.2) is 30.3 Å². The van der Waals surface area contributed by atoms with Crippen LogP contribution in [0.2, 0.25) is 0 Å². The van der Waals surface area contributed by atoms with E-state index in [1.807, 2.05) is 30.3 Å². The van der Waals surface area contributed by atoms with Gasteiger partial charge in [-0.3, -0.25) is 4.79 Å². The maximum Gasteiger partial charge on any atom is 0.314 e. The summed E-state index contributed by atoms with van der Waals surface area (Å²) >= 11 is 0. The van der Waals surface area contributed by atoms with Crippen LogP contribution in [0.5, 0.6) is 0 Å². The number of methoxy groups -OCH3 is 1. The van der Waals surface area contributed by atoms with Gasteiger partial charge in [0.15, 0.2) is 0 Å². The highest BCUT2D eigenvalue weighted by Crippen LogP contribution is 2.16.